The first-order valence-electron chi connectivity index (χ1n) is 4.69. The molecule has 0 aromatic heterocycles. The van der Waals surface area contributed by atoms with Crippen molar-refractivity contribution in [2.75, 3.05) is 12.4 Å². The third-order valence-corrected chi connectivity index (χ3v) is 2.25. The molecule has 0 fully saturated rings. The molecule has 1 amide bonds. The first-order chi connectivity index (χ1) is 7.33. The summed E-state index contributed by atoms with van der Waals surface area (Å²) in [6.45, 7) is 4.98. The first kappa shape index (κ1) is 12.0. The fourth-order valence-corrected chi connectivity index (χ4v) is 1.62. The Hall–Kier alpha value is -1.09. The smallest absolute Gasteiger partial charge is 0.254 e. The van der Waals surface area contributed by atoms with Gasteiger partial charge >= 0.3 is 0 Å². The lowest BCUT2D eigenvalue weighted by atomic mass is 10.1. The zero-order chi connectivity index (χ0) is 11.3. The number of carbonyl (C=O) groups excluding carboxylic acids is 1. The highest BCUT2D eigenvalue weighted by Gasteiger charge is 2.25. The van der Waals surface area contributed by atoms with E-state index in [2.05, 4.69) is 22.5 Å². The van der Waals surface area contributed by atoms with Crippen molar-refractivity contribution in [2.45, 2.75) is 6.54 Å². The summed E-state index contributed by atoms with van der Waals surface area (Å²) in [4.78, 5) is 13.5. The van der Waals surface area contributed by atoms with Crippen molar-refractivity contribution in [1.29, 1.82) is 0 Å². The molecular formula is C12H14BrNO. The average Bonchev–Trinajstić information content (AvgIpc) is 2.60. The van der Waals surface area contributed by atoms with Gasteiger partial charge in [0, 0.05) is 18.7 Å². The van der Waals surface area contributed by atoms with Gasteiger partial charge in [0.15, 0.2) is 0 Å². The molecule has 0 spiro atoms. The van der Waals surface area contributed by atoms with E-state index in [9.17, 15) is 4.79 Å². The highest BCUT2D eigenvalue weighted by atomic mass is 79.9. The molecule has 1 heterocycles. The molecule has 0 N–H and O–H groups in total. The fraction of sp³-hybridized carbons (Fsp3) is 0.250. The van der Waals surface area contributed by atoms with Crippen molar-refractivity contribution in [3.05, 3.63) is 48.0 Å². The molecule has 80 valence electrons. The Labute approximate surface area is 98.7 Å². The number of nitrogens with zero attached hydrogens (tertiary/aromatic N) is 1. The summed E-state index contributed by atoms with van der Waals surface area (Å²) in [6, 6.07) is 7.73. The van der Waals surface area contributed by atoms with Gasteiger partial charge in [-0.15, -0.1) is 6.58 Å². The molecule has 1 aromatic rings. The van der Waals surface area contributed by atoms with Crippen LogP contribution in [0.4, 0.5) is 0 Å². The summed E-state index contributed by atoms with van der Waals surface area (Å²) in [5.74, 6) is 1.93. The van der Waals surface area contributed by atoms with Crippen LogP contribution in [0.15, 0.2) is 36.9 Å². The van der Waals surface area contributed by atoms with Crippen molar-refractivity contribution in [1.82, 2.24) is 4.90 Å². The Kier molecular flexibility index (Phi) is 4.56. The van der Waals surface area contributed by atoms with Crippen molar-refractivity contribution in [2.24, 2.45) is 0 Å². The van der Waals surface area contributed by atoms with Crippen LogP contribution in [0.5, 0.6) is 0 Å². The molecule has 3 heteroatoms. The van der Waals surface area contributed by atoms with Crippen LogP contribution in [0.1, 0.15) is 15.9 Å². The Balaban J connectivity index is 0.000000531. The second-order valence-corrected chi connectivity index (χ2v) is 3.13. The SMILES string of the molecule is C=CCN1Cc2ccccc2C1=O.CBr. The lowest BCUT2D eigenvalue weighted by Gasteiger charge is -2.11. The Bertz CT molecular complexity index is 362. The lowest BCUT2D eigenvalue weighted by molar-refractivity contribution is 0.0796. The van der Waals surface area contributed by atoms with Gasteiger partial charge in [-0.3, -0.25) is 4.79 Å². The molecule has 0 saturated heterocycles. The van der Waals surface area contributed by atoms with E-state index in [0.717, 1.165) is 17.7 Å². The van der Waals surface area contributed by atoms with Crippen LogP contribution >= 0.6 is 15.9 Å². The summed E-state index contributed by atoms with van der Waals surface area (Å²) in [6.07, 6.45) is 1.75. The summed E-state index contributed by atoms with van der Waals surface area (Å²) in [7, 11) is 0. The number of halogens is 1. The van der Waals surface area contributed by atoms with Gasteiger partial charge in [0.2, 0.25) is 0 Å². The van der Waals surface area contributed by atoms with E-state index in [1.165, 1.54) is 0 Å². The number of rotatable bonds is 2. The second kappa shape index (κ2) is 5.71. The molecule has 0 unspecified atom stereocenters. The van der Waals surface area contributed by atoms with Gasteiger partial charge in [-0.1, -0.05) is 40.2 Å². The molecule has 1 aliphatic rings. The number of alkyl halides is 1. The standard InChI is InChI=1S/C11H11NO.CH3Br/c1-2-7-12-8-9-5-3-4-6-10(9)11(12)13;1-2/h2-6H,1,7-8H2;1H3. The maximum atomic E-state index is 11.7. The maximum Gasteiger partial charge on any atom is 0.254 e. The highest BCUT2D eigenvalue weighted by Crippen LogP contribution is 2.21. The van der Waals surface area contributed by atoms with Gasteiger partial charge in [0.25, 0.3) is 5.91 Å². The average molecular weight is 268 g/mol. The van der Waals surface area contributed by atoms with Crippen LogP contribution in [-0.4, -0.2) is 23.2 Å². The van der Waals surface area contributed by atoms with E-state index in [-0.39, 0.29) is 5.91 Å². The van der Waals surface area contributed by atoms with Gasteiger partial charge < -0.3 is 4.90 Å². The van der Waals surface area contributed by atoms with E-state index in [1.807, 2.05) is 30.1 Å². The van der Waals surface area contributed by atoms with E-state index in [4.69, 9.17) is 0 Å². The molecule has 0 bridgehead atoms. The fourth-order valence-electron chi connectivity index (χ4n) is 1.62. The van der Waals surface area contributed by atoms with Gasteiger partial charge in [-0.25, -0.2) is 0 Å². The molecule has 15 heavy (non-hydrogen) atoms. The van der Waals surface area contributed by atoms with E-state index in [1.54, 1.807) is 11.0 Å². The molecule has 1 aromatic carbocycles. The van der Waals surface area contributed by atoms with Crippen molar-refractivity contribution < 1.29 is 4.79 Å². The van der Waals surface area contributed by atoms with Gasteiger partial charge in [0.1, 0.15) is 0 Å². The van der Waals surface area contributed by atoms with E-state index >= 15 is 0 Å². The number of benzene rings is 1. The highest BCUT2D eigenvalue weighted by molar-refractivity contribution is 9.08. The monoisotopic (exact) mass is 267 g/mol. The zero-order valence-electron chi connectivity index (χ0n) is 8.74. The lowest BCUT2D eigenvalue weighted by Crippen LogP contribution is -2.23. The number of amides is 1. The van der Waals surface area contributed by atoms with Gasteiger partial charge in [-0.2, -0.15) is 0 Å². The van der Waals surface area contributed by atoms with Crippen LogP contribution in [0.3, 0.4) is 0 Å². The third kappa shape index (κ3) is 2.48. The topological polar surface area (TPSA) is 20.3 Å². The molecule has 2 nitrogen and oxygen atoms in total. The molecular weight excluding hydrogens is 254 g/mol. The number of hydrogen-bond donors (Lipinski definition) is 0. The Morgan fingerprint density at radius 2 is 2.13 bits per heavy atom. The summed E-state index contributed by atoms with van der Waals surface area (Å²) < 4.78 is 0. The minimum absolute atomic E-state index is 0.121. The van der Waals surface area contributed by atoms with Crippen LogP contribution in [0, 0.1) is 0 Å². The predicted octanol–water partition coefficient (Wildman–Crippen LogP) is 2.84. The maximum absolute atomic E-state index is 11.7. The van der Waals surface area contributed by atoms with Gasteiger partial charge in [0.05, 0.1) is 0 Å². The van der Waals surface area contributed by atoms with Crippen LogP contribution < -0.4 is 0 Å². The second-order valence-electron chi connectivity index (χ2n) is 3.13. The predicted molar refractivity (Wildman–Crippen MR) is 66.2 cm³/mol. The van der Waals surface area contributed by atoms with Crippen molar-refractivity contribution in [3.8, 4) is 0 Å². The number of hydrogen-bond acceptors (Lipinski definition) is 1. The summed E-state index contributed by atoms with van der Waals surface area (Å²) in [5.41, 5.74) is 1.96. The minimum atomic E-state index is 0.121. The quantitative estimate of drug-likeness (QED) is 0.596. The molecule has 0 radical (unpaired) electrons. The Morgan fingerprint density at radius 3 is 2.73 bits per heavy atom. The zero-order valence-corrected chi connectivity index (χ0v) is 10.3. The molecule has 0 aliphatic carbocycles. The molecule has 2 rings (SSSR count). The van der Waals surface area contributed by atoms with Gasteiger partial charge in [-0.05, 0) is 17.5 Å². The largest absolute Gasteiger partial charge is 0.331 e. The minimum Gasteiger partial charge on any atom is -0.331 e. The summed E-state index contributed by atoms with van der Waals surface area (Å²) >= 11 is 2.94. The van der Waals surface area contributed by atoms with E-state index < -0.39 is 0 Å². The normalized spacial score (nSPS) is 12.9. The van der Waals surface area contributed by atoms with E-state index in [0.29, 0.717) is 6.54 Å². The third-order valence-electron chi connectivity index (χ3n) is 2.25. The van der Waals surface area contributed by atoms with Crippen molar-refractivity contribution in [3.63, 3.8) is 0 Å². The first-order valence-corrected chi connectivity index (χ1v) is 6.27. The van der Waals surface area contributed by atoms with Crippen molar-refractivity contribution >= 4 is 21.8 Å². The summed E-state index contributed by atoms with van der Waals surface area (Å²) in [5, 5.41) is 0. The number of carbonyl (C=O) groups is 1. The Morgan fingerprint density at radius 1 is 1.47 bits per heavy atom. The van der Waals surface area contributed by atoms with Crippen LogP contribution in [0.25, 0.3) is 0 Å². The molecule has 1 aliphatic heterocycles. The molecule has 0 atom stereocenters. The van der Waals surface area contributed by atoms with Crippen LogP contribution in [-0.2, 0) is 6.54 Å². The van der Waals surface area contributed by atoms with Crippen LogP contribution in [0.2, 0.25) is 0 Å². The number of fused-ring (bicyclic) bond motifs is 1. The molecule has 0 saturated carbocycles.